The molecule has 2 aromatic heterocycles. The third-order valence-electron chi connectivity index (χ3n) is 5.23. The molecule has 5 rings (SSSR count). The molecule has 6 nitrogen and oxygen atoms in total. The number of hydrogen-bond acceptors (Lipinski definition) is 5. The summed E-state index contributed by atoms with van der Waals surface area (Å²) in [6, 6.07) is 24.5. The number of methoxy groups -OCH3 is 1. The third-order valence-corrected chi connectivity index (χ3v) is 5.23. The highest BCUT2D eigenvalue weighted by Crippen LogP contribution is 2.28. The zero-order valence-corrected chi connectivity index (χ0v) is 17.1. The minimum atomic E-state index is -0.0856. The highest BCUT2D eigenvalue weighted by molar-refractivity contribution is 5.78. The number of aryl methyl sites for hydroxylation is 1. The van der Waals surface area contributed by atoms with Crippen molar-refractivity contribution in [3.8, 4) is 34.0 Å². The van der Waals surface area contributed by atoms with Gasteiger partial charge in [0.2, 0.25) is 0 Å². The molecular weight excluding hydrogens is 390 g/mol. The number of nitrogens with zero attached hydrogens (tertiary/aromatic N) is 3. The number of rotatable bonds is 4. The molecule has 0 amide bonds. The van der Waals surface area contributed by atoms with Crippen LogP contribution in [-0.2, 0) is 0 Å². The summed E-state index contributed by atoms with van der Waals surface area (Å²) >= 11 is 0. The largest absolute Gasteiger partial charge is 0.497 e. The van der Waals surface area contributed by atoms with Gasteiger partial charge in [0, 0.05) is 17.2 Å². The number of para-hydroxylation sites is 1. The number of aromatic nitrogens is 3. The van der Waals surface area contributed by atoms with Crippen LogP contribution < -0.4 is 10.3 Å². The van der Waals surface area contributed by atoms with Gasteiger partial charge >= 0.3 is 0 Å². The normalized spacial score (nSPS) is 11.0. The van der Waals surface area contributed by atoms with Crippen LogP contribution in [0.2, 0.25) is 0 Å². The lowest BCUT2D eigenvalue weighted by atomic mass is 10.1. The minimum Gasteiger partial charge on any atom is -0.497 e. The van der Waals surface area contributed by atoms with Gasteiger partial charge in [-0.2, -0.15) is 0 Å². The van der Waals surface area contributed by atoms with Crippen molar-refractivity contribution in [2.45, 2.75) is 6.92 Å². The molecular formula is C25H19N3O3. The van der Waals surface area contributed by atoms with Gasteiger partial charge in [-0.15, -0.1) is 0 Å². The van der Waals surface area contributed by atoms with Gasteiger partial charge in [-0.1, -0.05) is 41.6 Å². The standard InChI is InChI=1S/C25H19N3O3/c1-16-26-22-9-4-3-8-21(22)25(29)28(16)19-12-10-17(11-13-19)23-15-24(31-27-23)18-6-5-7-20(14-18)30-2/h3-15H,1-2H3. The molecule has 2 heterocycles. The van der Waals surface area contributed by atoms with E-state index >= 15 is 0 Å². The Morgan fingerprint density at radius 3 is 2.52 bits per heavy atom. The lowest BCUT2D eigenvalue weighted by Crippen LogP contribution is -2.22. The van der Waals surface area contributed by atoms with E-state index in [1.54, 1.807) is 17.7 Å². The fraction of sp³-hybridized carbons (Fsp3) is 0.0800. The molecule has 31 heavy (non-hydrogen) atoms. The molecule has 0 aliphatic heterocycles. The van der Waals surface area contributed by atoms with E-state index in [2.05, 4.69) is 10.1 Å². The van der Waals surface area contributed by atoms with E-state index in [9.17, 15) is 4.79 Å². The highest BCUT2D eigenvalue weighted by atomic mass is 16.5. The Balaban J connectivity index is 1.50. The Morgan fingerprint density at radius 2 is 1.71 bits per heavy atom. The molecule has 0 radical (unpaired) electrons. The first-order valence-electron chi connectivity index (χ1n) is 9.84. The molecule has 0 saturated carbocycles. The molecule has 0 fully saturated rings. The second-order valence-corrected chi connectivity index (χ2v) is 7.17. The van der Waals surface area contributed by atoms with Crippen molar-refractivity contribution >= 4 is 10.9 Å². The molecule has 0 aliphatic rings. The lowest BCUT2D eigenvalue weighted by Gasteiger charge is -2.11. The maximum atomic E-state index is 13.0. The lowest BCUT2D eigenvalue weighted by molar-refractivity contribution is 0.413. The number of hydrogen-bond donors (Lipinski definition) is 0. The van der Waals surface area contributed by atoms with E-state index in [4.69, 9.17) is 9.26 Å². The quantitative estimate of drug-likeness (QED) is 0.417. The second-order valence-electron chi connectivity index (χ2n) is 7.17. The highest BCUT2D eigenvalue weighted by Gasteiger charge is 2.12. The molecule has 0 spiro atoms. The van der Waals surface area contributed by atoms with Crippen LogP contribution in [0.4, 0.5) is 0 Å². The van der Waals surface area contributed by atoms with Crippen LogP contribution in [0, 0.1) is 6.92 Å². The van der Waals surface area contributed by atoms with Gasteiger partial charge < -0.3 is 9.26 Å². The summed E-state index contributed by atoms with van der Waals surface area (Å²) < 4.78 is 12.4. The summed E-state index contributed by atoms with van der Waals surface area (Å²) in [5, 5.41) is 4.79. The summed E-state index contributed by atoms with van der Waals surface area (Å²) in [6.45, 7) is 1.83. The van der Waals surface area contributed by atoms with Crippen LogP contribution in [0.5, 0.6) is 5.75 Å². The van der Waals surface area contributed by atoms with Gasteiger partial charge in [-0.05, 0) is 43.3 Å². The molecule has 0 saturated heterocycles. The number of ether oxygens (including phenoxy) is 1. The van der Waals surface area contributed by atoms with Crippen molar-refractivity contribution in [3.63, 3.8) is 0 Å². The molecule has 6 heteroatoms. The van der Waals surface area contributed by atoms with E-state index in [0.29, 0.717) is 28.2 Å². The first kappa shape index (κ1) is 18.8. The smallest absolute Gasteiger partial charge is 0.265 e. The SMILES string of the molecule is COc1cccc(-c2cc(-c3ccc(-n4c(C)nc5ccccc5c4=O)cc3)no2)c1. The maximum absolute atomic E-state index is 13.0. The van der Waals surface area contributed by atoms with E-state index in [1.165, 1.54) is 0 Å². The van der Waals surface area contributed by atoms with Crippen molar-refractivity contribution in [2.75, 3.05) is 7.11 Å². The maximum Gasteiger partial charge on any atom is 0.265 e. The minimum absolute atomic E-state index is 0.0856. The predicted octanol–water partition coefficient (Wildman–Crippen LogP) is 5.02. The van der Waals surface area contributed by atoms with Crippen molar-refractivity contribution in [2.24, 2.45) is 0 Å². The Bertz CT molecular complexity index is 1450. The number of benzene rings is 3. The van der Waals surface area contributed by atoms with Crippen molar-refractivity contribution in [3.05, 3.63) is 95.0 Å². The predicted molar refractivity (Wildman–Crippen MR) is 120 cm³/mol. The van der Waals surface area contributed by atoms with Crippen molar-refractivity contribution < 1.29 is 9.26 Å². The van der Waals surface area contributed by atoms with Crippen LogP contribution in [0.25, 0.3) is 39.2 Å². The summed E-state index contributed by atoms with van der Waals surface area (Å²) in [4.78, 5) is 17.6. The monoisotopic (exact) mass is 409 g/mol. The van der Waals surface area contributed by atoms with E-state index in [-0.39, 0.29) is 5.56 Å². The fourth-order valence-electron chi connectivity index (χ4n) is 3.65. The molecule has 0 atom stereocenters. The fourth-order valence-corrected chi connectivity index (χ4v) is 3.65. The van der Waals surface area contributed by atoms with Gasteiger partial charge in [0.1, 0.15) is 17.3 Å². The van der Waals surface area contributed by atoms with E-state index < -0.39 is 0 Å². The van der Waals surface area contributed by atoms with Crippen LogP contribution >= 0.6 is 0 Å². The molecule has 0 bridgehead atoms. The van der Waals surface area contributed by atoms with Crippen LogP contribution in [0.15, 0.2) is 88.2 Å². The zero-order valence-electron chi connectivity index (χ0n) is 17.1. The Morgan fingerprint density at radius 1 is 0.903 bits per heavy atom. The van der Waals surface area contributed by atoms with Gasteiger partial charge in [0.15, 0.2) is 5.76 Å². The Kier molecular flexibility index (Phi) is 4.59. The van der Waals surface area contributed by atoms with Crippen LogP contribution in [0.3, 0.4) is 0 Å². The first-order chi connectivity index (χ1) is 15.1. The summed E-state index contributed by atoms with van der Waals surface area (Å²) in [6.07, 6.45) is 0. The Labute approximate surface area is 178 Å². The number of fused-ring (bicyclic) bond motifs is 1. The zero-order chi connectivity index (χ0) is 21.4. The molecule has 5 aromatic rings. The van der Waals surface area contributed by atoms with Gasteiger partial charge in [0.25, 0.3) is 5.56 Å². The van der Waals surface area contributed by atoms with Gasteiger partial charge in [-0.25, -0.2) is 4.98 Å². The summed E-state index contributed by atoms with van der Waals surface area (Å²) in [5.41, 5.74) is 3.86. The summed E-state index contributed by atoms with van der Waals surface area (Å²) in [5.74, 6) is 2.05. The Hall–Kier alpha value is -4.19. The second kappa shape index (κ2) is 7.57. The molecule has 0 aliphatic carbocycles. The molecule has 152 valence electrons. The van der Waals surface area contributed by atoms with E-state index in [1.807, 2.05) is 79.7 Å². The van der Waals surface area contributed by atoms with Crippen molar-refractivity contribution in [1.29, 1.82) is 0 Å². The van der Waals surface area contributed by atoms with E-state index in [0.717, 1.165) is 22.6 Å². The van der Waals surface area contributed by atoms with Crippen LogP contribution in [0.1, 0.15) is 5.82 Å². The third kappa shape index (κ3) is 3.38. The van der Waals surface area contributed by atoms with Crippen LogP contribution in [-0.4, -0.2) is 21.8 Å². The average Bonchev–Trinajstić information content (AvgIpc) is 3.30. The van der Waals surface area contributed by atoms with Crippen molar-refractivity contribution in [1.82, 2.24) is 14.7 Å². The first-order valence-corrected chi connectivity index (χ1v) is 9.84. The molecule has 0 N–H and O–H groups in total. The summed E-state index contributed by atoms with van der Waals surface area (Å²) in [7, 11) is 1.63. The van der Waals surface area contributed by atoms with Gasteiger partial charge in [0.05, 0.1) is 23.7 Å². The molecule has 0 unspecified atom stereocenters. The van der Waals surface area contributed by atoms with Gasteiger partial charge in [-0.3, -0.25) is 9.36 Å². The average molecular weight is 409 g/mol. The topological polar surface area (TPSA) is 70.2 Å². The molecule has 3 aromatic carbocycles.